The van der Waals surface area contributed by atoms with Crippen LogP contribution in [0.3, 0.4) is 0 Å². The molecule has 2 amide bonds. The summed E-state index contributed by atoms with van der Waals surface area (Å²) in [5.74, 6) is 2.32. The van der Waals surface area contributed by atoms with Gasteiger partial charge in [-0.3, -0.25) is 14.8 Å². The smallest absolute Gasteiger partial charge is 0.326 e. The Morgan fingerprint density at radius 3 is 2.45 bits per heavy atom. The Kier molecular flexibility index (Phi) is 9.52. The monoisotopic (exact) mass is 542 g/mol. The first-order valence-electron chi connectivity index (χ1n) is 13.4. The molecule has 0 aliphatic carbocycles. The van der Waals surface area contributed by atoms with Crippen LogP contribution >= 0.6 is 11.6 Å². The van der Waals surface area contributed by atoms with Crippen LogP contribution in [0.5, 0.6) is 11.5 Å². The molecule has 1 N–H and O–H groups in total. The molecule has 2 aromatic carbocycles. The first-order valence-corrected chi connectivity index (χ1v) is 13.8. The van der Waals surface area contributed by atoms with Gasteiger partial charge in [0.15, 0.2) is 0 Å². The first kappa shape index (κ1) is 28.2. The average molecular weight is 543 g/mol. The van der Waals surface area contributed by atoms with Crippen molar-refractivity contribution in [1.29, 1.82) is 0 Å². The van der Waals surface area contributed by atoms with Gasteiger partial charge in [0, 0.05) is 43.8 Å². The molecule has 2 aliphatic rings. The van der Waals surface area contributed by atoms with Crippen molar-refractivity contribution < 1.29 is 19.4 Å². The van der Waals surface area contributed by atoms with Crippen molar-refractivity contribution in [2.75, 3.05) is 53.0 Å². The number of hydrogen-bond acceptors (Lipinski definition) is 6. The Morgan fingerprint density at radius 2 is 1.84 bits per heavy atom. The van der Waals surface area contributed by atoms with E-state index in [0.717, 1.165) is 30.6 Å². The van der Waals surface area contributed by atoms with Gasteiger partial charge in [-0.15, -0.1) is 0 Å². The average Bonchev–Trinajstić information content (AvgIpc) is 3.27. The number of carbonyl (C=O) groups excluding carboxylic acids is 1. The summed E-state index contributed by atoms with van der Waals surface area (Å²) in [5.41, 5.74) is 1.77. The molecule has 8 nitrogen and oxygen atoms in total. The van der Waals surface area contributed by atoms with Gasteiger partial charge in [-0.05, 0) is 49.1 Å². The molecule has 4 rings (SSSR count). The van der Waals surface area contributed by atoms with Crippen molar-refractivity contribution in [3.05, 3.63) is 58.6 Å². The van der Waals surface area contributed by atoms with E-state index in [4.69, 9.17) is 26.1 Å². The molecule has 206 valence electrons. The molecule has 2 aromatic rings. The third-order valence-electron chi connectivity index (χ3n) is 7.08. The summed E-state index contributed by atoms with van der Waals surface area (Å²) >= 11 is 6.24. The number of β-amino-alcohol motifs (C(OH)–C–C–N with tert-alkyl or cyclic N) is 1. The van der Waals surface area contributed by atoms with Gasteiger partial charge in [-0.25, -0.2) is 4.79 Å². The summed E-state index contributed by atoms with van der Waals surface area (Å²) in [4.78, 5) is 25.5. The maximum absolute atomic E-state index is 14.3. The molecule has 1 fully saturated rings. The van der Waals surface area contributed by atoms with Crippen molar-refractivity contribution in [3.8, 4) is 11.5 Å². The van der Waals surface area contributed by atoms with Crippen LogP contribution in [-0.2, 0) is 0 Å². The Bertz CT molecular complexity index is 1120. The molecular weight excluding hydrogens is 504 g/mol. The van der Waals surface area contributed by atoms with Crippen molar-refractivity contribution in [2.24, 2.45) is 10.9 Å². The number of aliphatic imine (C=N–C) groups is 1. The lowest BCUT2D eigenvalue weighted by Crippen LogP contribution is -2.54. The van der Waals surface area contributed by atoms with E-state index in [9.17, 15) is 9.90 Å². The van der Waals surface area contributed by atoms with Crippen LogP contribution in [0.2, 0.25) is 5.02 Å². The topological polar surface area (TPSA) is 77.8 Å². The lowest BCUT2D eigenvalue weighted by molar-refractivity contribution is 0.107. The van der Waals surface area contributed by atoms with E-state index in [1.165, 1.54) is 0 Å². The fourth-order valence-electron chi connectivity index (χ4n) is 5.24. The van der Waals surface area contributed by atoms with E-state index < -0.39 is 0 Å². The molecule has 1 saturated heterocycles. The van der Waals surface area contributed by atoms with Crippen LogP contribution < -0.4 is 9.47 Å². The van der Waals surface area contributed by atoms with Gasteiger partial charge >= 0.3 is 6.03 Å². The fourth-order valence-corrected chi connectivity index (χ4v) is 5.37. The SMILES string of the molecule is CCOc1cc(OC)ccc1C1=N[C@H](CC(C)C)[C@H](c2ccc(Cl)cc2)N1C(=O)N1CCN(CCO)CC1. The number of urea groups is 1. The second kappa shape index (κ2) is 12.8. The van der Waals surface area contributed by atoms with E-state index in [0.29, 0.717) is 54.5 Å². The Balaban J connectivity index is 1.79. The van der Waals surface area contributed by atoms with Crippen LogP contribution in [0.15, 0.2) is 47.5 Å². The van der Waals surface area contributed by atoms with Gasteiger partial charge in [0.2, 0.25) is 0 Å². The number of carbonyl (C=O) groups is 1. The molecule has 2 heterocycles. The van der Waals surface area contributed by atoms with Gasteiger partial charge in [-0.2, -0.15) is 0 Å². The number of hydrogen-bond donors (Lipinski definition) is 1. The lowest BCUT2D eigenvalue weighted by atomic mass is 9.93. The van der Waals surface area contributed by atoms with E-state index in [-0.39, 0.29) is 24.7 Å². The summed E-state index contributed by atoms with van der Waals surface area (Å²) in [7, 11) is 1.62. The standard InChI is InChI=1S/C29H39ClN4O4/c1-5-38-26-19-23(37-4)10-11-24(26)28-31-25(18-20(2)3)27(21-6-8-22(30)9-7-21)34(28)29(36)33-14-12-32(13-15-33)16-17-35/h6-11,19-20,25,27,35H,5,12-18H2,1-4H3/t25-,27+/m1/s1. The number of amides is 2. The van der Waals surface area contributed by atoms with E-state index in [1.54, 1.807) is 7.11 Å². The zero-order valence-electron chi connectivity index (χ0n) is 22.8. The van der Waals surface area contributed by atoms with E-state index >= 15 is 0 Å². The molecule has 9 heteroatoms. The van der Waals surface area contributed by atoms with E-state index in [2.05, 4.69) is 18.7 Å². The van der Waals surface area contributed by atoms with Gasteiger partial charge in [0.1, 0.15) is 17.3 Å². The van der Waals surface area contributed by atoms with Gasteiger partial charge in [0.25, 0.3) is 0 Å². The number of amidine groups is 1. The zero-order chi connectivity index (χ0) is 27.2. The second-order valence-electron chi connectivity index (χ2n) is 10.1. The minimum absolute atomic E-state index is 0.0723. The molecule has 0 radical (unpaired) electrons. The van der Waals surface area contributed by atoms with Crippen LogP contribution in [0.25, 0.3) is 0 Å². The molecule has 0 aromatic heterocycles. The highest BCUT2D eigenvalue weighted by Gasteiger charge is 2.44. The van der Waals surface area contributed by atoms with Crippen LogP contribution in [0.4, 0.5) is 4.79 Å². The highest BCUT2D eigenvalue weighted by molar-refractivity contribution is 6.30. The highest BCUT2D eigenvalue weighted by Crippen LogP contribution is 2.40. The Labute approximate surface area is 230 Å². The predicted octanol–water partition coefficient (Wildman–Crippen LogP) is 4.70. The number of aliphatic hydroxyl groups is 1. The van der Waals surface area contributed by atoms with Gasteiger partial charge in [0.05, 0.1) is 38.0 Å². The Morgan fingerprint density at radius 1 is 1.13 bits per heavy atom. The zero-order valence-corrected chi connectivity index (χ0v) is 23.5. The van der Waals surface area contributed by atoms with Crippen molar-refractivity contribution in [1.82, 2.24) is 14.7 Å². The molecule has 2 atom stereocenters. The van der Waals surface area contributed by atoms with Gasteiger partial charge in [-0.1, -0.05) is 37.6 Å². The minimum atomic E-state index is -0.274. The minimum Gasteiger partial charge on any atom is -0.497 e. The maximum Gasteiger partial charge on any atom is 0.326 e. The van der Waals surface area contributed by atoms with Crippen LogP contribution in [0, 0.1) is 5.92 Å². The Hall–Kier alpha value is -2.81. The fraction of sp³-hybridized carbons (Fsp3) is 0.517. The predicted molar refractivity (Wildman–Crippen MR) is 150 cm³/mol. The molecule has 0 bridgehead atoms. The second-order valence-corrected chi connectivity index (χ2v) is 10.6. The third-order valence-corrected chi connectivity index (χ3v) is 7.33. The number of piperazine rings is 1. The number of methoxy groups -OCH3 is 1. The molecule has 0 spiro atoms. The normalized spacial score (nSPS) is 20.1. The summed E-state index contributed by atoms with van der Waals surface area (Å²) in [6.45, 7) is 10.1. The summed E-state index contributed by atoms with van der Waals surface area (Å²) in [5, 5.41) is 9.99. The summed E-state index contributed by atoms with van der Waals surface area (Å²) in [6, 6.07) is 12.9. The van der Waals surface area contributed by atoms with Crippen LogP contribution in [-0.4, -0.2) is 90.8 Å². The number of nitrogens with zero attached hydrogens (tertiary/aromatic N) is 4. The number of halogens is 1. The van der Waals surface area contributed by atoms with Crippen molar-refractivity contribution in [2.45, 2.75) is 39.3 Å². The van der Waals surface area contributed by atoms with Gasteiger partial charge < -0.3 is 19.5 Å². The number of ether oxygens (including phenoxy) is 2. The summed E-state index contributed by atoms with van der Waals surface area (Å²) < 4.78 is 11.5. The quantitative estimate of drug-likeness (QED) is 0.497. The molecule has 38 heavy (non-hydrogen) atoms. The first-order chi connectivity index (χ1) is 18.4. The van der Waals surface area contributed by atoms with E-state index in [1.807, 2.05) is 59.2 Å². The van der Waals surface area contributed by atoms with Crippen molar-refractivity contribution in [3.63, 3.8) is 0 Å². The number of benzene rings is 2. The summed E-state index contributed by atoms with van der Waals surface area (Å²) in [6.07, 6.45) is 0.824. The highest BCUT2D eigenvalue weighted by atomic mass is 35.5. The number of rotatable bonds is 9. The molecule has 0 saturated carbocycles. The maximum atomic E-state index is 14.3. The molecule has 2 aliphatic heterocycles. The molecule has 0 unspecified atom stereocenters. The lowest BCUT2D eigenvalue weighted by Gasteiger charge is -2.39. The van der Waals surface area contributed by atoms with Crippen LogP contribution in [0.1, 0.15) is 44.4 Å². The van der Waals surface area contributed by atoms with Crippen molar-refractivity contribution >= 4 is 23.5 Å². The largest absolute Gasteiger partial charge is 0.497 e. The molecular formula is C29H39ClN4O4. The number of aliphatic hydroxyl groups excluding tert-OH is 1. The third kappa shape index (κ3) is 6.25.